The van der Waals surface area contributed by atoms with E-state index >= 15 is 0 Å². The second-order valence-electron chi connectivity index (χ2n) is 6.02. The molecule has 0 aromatic carbocycles. The van der Waals surface area contributed by atoms with Gasteiger partial charge in [-0.2, -0.15) is 4.79 Å². The molecule has 0 saturated carbocycles. The number of hydrogen-bond donors (Lipinski definition) is 2. The van der Waals surface area contributed by atoms with E-state index in [0.29, 0.717) is 6.61 Å². The number of nitrogens with zero attached hydrogens (tertiary/aromatic N) is 3. The highest BCUT2D eigenvalue weighted by atomic mass is 16.5. The van der Waals surface area contributed by atoms with Crippen LogP contribution in [0.5, 0.6) is 0 Å². The van der Waals surface area contributed by atoms with Gasteiger partial charge in [-0.3, -0.25) is 19.2 Å². The molecule has 4 N–H and O–H groups in total. The summed E-state index contributed by atoms with van der Waals surface area (Å²) in [5.41, 5.74) is 19.0. The van der Waals surface area contributed by atoms with E-state index in [1.807, 2.05) is 0 Å². The summed E-state index contributed by atoms with van der Waals surface area (Å²) in [4.78, 5) is 46.6. The van der Waals surface area contributed by atoms with Crippen LogP contribution < -0.4 is 16.1 Å². The molecule has 0 amide bonds. The number of esters is 2. The van der Waals surface area contributed by atoms with E-state index in [2.05, 4.69) is 20.9 Å². The van der Waals surface area contributed by atoms with Crippen molar-refractivity contribution in [2.24, 2.45) is 11.5 Å². The summed E-state index contributed by atoms with van der Waals surface area (Å²) in [6.07, 6.45) is 2.34. The first-order valence-corrected chi connectivity index (χ1v) is 8.99. The van der Waals surface area contributed by atoms with Crippen LogP contribution in [0.15, 0.2) is 0 Å². The zero-order valence-corrected chi connectivity index (χ0v) is 17.1. The van der Waals surface area contributed by atoms with Gasteiger partial charge in [0, 0.05) is 12.8 Å². The summed E-state index contributed by atoms with van der Waals surface area (Å²) in [6, 6.07) is -1.56. The largest absolute Gasteiger partial charge is 0.465 e. The maximum Gasteiger partial charge on any atom is 0.334 e. The first kappa shape index (κ1) is 28.2. The standard InChI is InChI=1S/C9H15N3O3.C9H15N2O3/c1-6(2)15-9(14)8(10)4-3-7(13)5-12-11;1-3-14-9(13)8(10)5-4-7(12)6-11-2/h5-6,8H,3-4,10H2,1-2H3;6,8H,2-5,10H2,1H3/q;+1/t;8-/m.0/s1. The Kier molecular flexibility index (Phi) is 16.7. The minimum atomic E-state index is -0.816. The van der Waals surface area contributed by atoms with Crippen molar-refractivity contribution in [3.8, 4) is 0 Å². The van der Waals surface area contributed by atoms with E-state index in [0.717, 1.165) is 12.4 Å². The Hall–Kier alpha value is -2.97. The number of hydrogen-bond acceptors (Lipinski definition) is 8. The van der Waals surface area contributed by atoms with Gasteiger partial charge in [-0.05, 0) is 33.6 Å². The van der Waals surface area contributed by atoms with Crippen LogP contribution >= 0.6 is 0 Å². The molecule has 1 unspecified atom stereocenters. The van der Waals surface area contributed by atoms with Crippen molar-refractivity contribution in [1.29, 1.82) is 0 Å². The molecule has 0 bridgehead atoms. The highest BCUT2D eigenvalue weighted by molar-refractivity contribution is 6.27. The third-order valence-corrected chi connectivity index (χ3v) is 3.08. The number of ether oxygens (including phenoxy) is 2. The molecule has 0 rings (SSSR count). The quantitative estimate of drug-likeness (QED) is 0.176. The molecule has 11 heteroatoms. The van der Waals surface area contributed by atoms with Gasteiger partial charge < -0.3 is 26.5 Å². The lowest BCUT2D eigenvalue weighted by molar-refractivity contribution is -0.149. The Morgan fingerprint density at radius 3 is 1.90 bits per heavy atom. The van der Waals surface area contributed by atoms with Crippen LogP contribution in [-0.2, 0) is 28.7 Å². The normalized spacial score (nSPS) is 11.5. The molecular formula is C18H30N5O6+. The second kappa shape index (κ2) is 17.2. The highest BCUT2D eigenvalue weighted by Crippen LogP contribution is 2.00. The van der Waals surface area contributed by atoms with Crippen LogP contribution in [0.2, 0.25) is 0 Å². The Morgan fingerprint density at radius 2 is 1.48 bits per heavy atom. The van der Waals surface area contributed by atoms with Gasteiger partial charge in [0.2, 0.25) is 11.6 Å². The van der Waals surface area contributed by atoms with Gasteiger partial charge in [0.15, 0.2) is 0 Å². The lowest BCUT2D eigenvalue weighted by Crippen LogP contribution is -2.34. The van der Waals surface area contributed by atoms with Crippen molar-refractivity contribution in [2.45, 2.75) is 64.6 Å². The summed E-state index contributed by atoms with van der Waals surface area (Å²) in [7, 11) is 0. The average molecular weight is 412 g/mol. The van der Waals surface area contributed by atoms with Crippen molar-refractivity contribution in [3.63, 3.8) is 0 Å². The van der Waals surface area contributed by atoms with E-state index in [1.165, 1.54) is 0 Å². The van der Waals surface area contributed by atoms with Gasteiger partial charge in [0.05, 0.1) is 12.7 Å². The zero-order chi connectivity index (χ0) is 22.8. The number of Topliss-reactive ketones (excluding diaryl/α,β-unsaturated/α-hetero) is 2. The van der Waals surface area contributed by atoms with Crippen molar-refractivity contribution >= 4 is 42.7 Å². The van der Waals surface area contributed by atoms with E-state index < -0.39 is 24.0 Å². The molecule has 0 spiro atoms. The van der Waals surface area contributed by atoms with Crippen LogP contribution in [0.3, 0.4) is 0 Å². The third-order valence-electron chi connectivity index (χ3n) is 3.08. The number of rotatable bonds is 12. The molecule has 11 nitrogen and oxygen atoms in total. The van der Waals surface area contributed by atoms with Gasteiger partial charge >= 0.3 is 24.4 Å². The van der Waals surface area contributed by atoms with Crippen LogP contribution in [-0.4, -0.2) is 72.2 Å². The topological polar surface area (TPSA) is 189 Å². The van der Waals surface area contributed by atoms with E-state index in [4.69, 9.17) is 21.7 Å². The first-order chi connectivity index (χ1) is 13.6. The number of carbonyl (C=O) groups excluding carboxylic acids is 4. The van der Waals surface area contributed by atoms with Crippen LogP contribution in [0.25, 0.3) is 5.53 Å². The summed E-state index contributed by atoms with van der Waals surface area (Å²) in [5, 5.41) is 0. The van der Waals surface area contributed by atoms with Crippen LogP contribution in [0.1, 0.15) is 46.5 Å². The van der Waals surface area contributed by atoms with Crippen molar-refractivity contribution < 1.29 is 33.4 Å². The molecule has 29 heavy (non-hydrogen) atoms. The van der Waals surface area contributed by atoms with Gasteiger partial charge in [0.1, 0.15) is 12.1 Å². The predicted octanol–water partition coefficient (Wildman–Crippen LogP) is -1.02. The van der Waals surface area contributed by atoms with E-state index in [1.54, 1.807) is 20.8 Å². The lowest BCUT2D eigenvalue weighted by atomic mass is 10.1. The molecule has 2 atom stereocenters. The molecule has 0 aromatic heterocycles. The maximum absolute atomic E-state index is 11.2. The fraction of sp³-hybridized carbons (Fsp3) is 0.611. The van der Waals surface area contributed by atoms with Gasteiger partial charge in [-0.1, -0.05) is 0 Å². The molecule has 0 aromatic rings. The molecule has 0 radical (unpaired) electrons. The monoisotopic (exact) mass is 412 g/mol. The summed E-state index contributed by atoms with van der Waals surface area (Å²) in [6.45, 7) is 8.57. The number of ketones is 2. The molecule has 0 aliphatic carbocycles. The average Bonchev–Trinajstić information content (AvgIpc) is 2.64. The second-order valence-corrected chi connectivity index (χ2v) is 6.02. The smallest absolute Gasteiger partial charge is 0.334 e. The van der Waals surface area contributed by atoms with Gasteiger partial charge in [0.25, 0.3) is 6.72 Å². The molecule has 0 heterocycles. The zero-order valence-electron chi connectivity index (χ0n) is 17.1. The first-order valence-electron chi connectivity index (χ1n) is 8.99. The van der Waals surface area contributed by atoms with Gasteiger partial charge in [-0.15, -0.1) is 4.67 Å². The fourth-order valence-corrected chi connectivity index (χ4v) is 1.70. The predicted molar refractivity (Wildman–Crippen MR) is 107 cm³/mol. The molecular weight excluding hydrogens is 382 g/mol. The summed E-state index contributed by atoms with van der Waals surface area (Å²) >= 11 is 0. The Balaban J connectivity index is 0. The van der Waals surface area contributed by atoms with Crippen molar-refractivity contribution in [1.82, 2.24) is 4.67 Å². The Morgan fingerprint density at radius 1 is 1.00 bits per heavy atom. The number of carbonyl (C=O) groups is 4. The Bertz CT molecular complexity index is 651. The minimum absolute atomic E-state index is 0.0540. The lowest BCUT2D eigenvalue weighted by Gasteiger charge is -2.12. The van der Waals surface area contributed by atoms with E-state index in [9.17, 15) is 19.2 Å². The Labute approximate surface area is 169 Å². The third kappa shape index (κ3) is 16.9. The molecule has 0 fully saturated rings. The van der Waals surface area contributed by atoms with Gasteiger partial charge in [-0.25, -0.2) is 0 Å². The summed E-state index contributed by atoms with van der Waals surface area (Å²) in [5.74, 6) is -1.59. The molecule has 162 valence electrons. The fourth-order valence-electron chi connectivity index (χ4n) is 1.70. The van der Waals surface area contributed by atoms with Crippen molar-refractivity contribution in [2.75, 3.05) is 6.61 Å². The minimum Gasteiger partial charge on any atom is -0.465 e. The number of nitrogens with two attached hydrogens (primary N) is 2. The maximum atomic E-state index is 11.2. The highest BCUT2D eigenvalue weighted by Gasteiger charge is 2.18. The van der Waals surface area contributed by atoms with Crippen LogP contribution in [0.4, 0.5) is 0 Å². The molecule has 0 saturated heterocycles. The SMILES string of the molecule is C=[N+]=CC(=O)CC[C@H](N)C(=O)OCC.CC(C)OC(=O)C(N)CCC(=O)C=[N+]=[N-]. The van der Waals surface area contributed by atoms with E-state index in [-0.39, 0.29) is 43.4 Å². The van der Waals surface area contributed by atoms with Crippen LogP contribution in [0, 0.1) is 0 Å². The van der Waals surface area contributed by atoms with Crippen molar-refractivity contribution in [3.05, 3.63) is 5.53 Å². The molecule has 0 aliphatic rings. The molecule has 0 aliphatic heterocycles. The summed E-state index contributed by atoms with van der Waals surface area (Å²) < 4.78 is 12.8.